The van der Waals surface area contributed by atoms with E-state index in [2.05, 4.69) is 22.2 Å². The minimum Gasteiger partial charge on any atom is -0.381 e. The first-order valence-corrected chi connectivity index (χ1v) is 7.80. The van der Waals surface area contributed by atoms with Crippen LogP contribution in [0.5, 0.6) is 0 Å². The summed E-state index contributed by atoms with van der Waals surface area (Å²) in [6, 6.07) is 3.22. The fraction of sp³-hybridized carbons (Fsp3) is 0.667. The molecule has 0 bridgehead atoms. The van der Waals surface area contributed by atoms with Crippen molar-refractivity contribution >= 4 is 17.4 Å². The van der Waals surface area contributed by atoms with E-state index in [0.29, 0.717) is 12.1 Å². The number of anilines is 1. The minimum atomic E-state index is 0.476. The van der Waals surface area contributed by atoms with E-state index in [1.54, 1.807) is 0 Å². The summed E-state index contributed by atoms with van der Waals surface area (Å²) in [6.07, 6.45) is 6.61. The molecule has 0 atom stereocenters. The van der Waals surface area contributed by atoms with Gasteiger partial charge in [0, 0.05) is 45.1 Å². The number of halogens is 1. The summed E-state index contributed by atoms with van der Waals surface area (Å²) in [5, 5.41) is 4.23. The molecular formula is C15H22ClN3O. The van der Waals surface area contributed by atoms with Crippen molar-refractivity contribution in [3.63, 3.8) is 0 Å². The first-order valence-electron chi connectivity index (χ1n) is 7.42. The molecule has 3 rings (SSSR count). The lowest BCUT2D eigenvalue weighted by Gasteiger charge is -2.32. The van der Waals surface area contributed by atoms with Crippen LogP contribution in [-0.2, 0) is 11.3 Å². The highest BCUT2D eigenvalue weighted by Gasteiger charge is 2.22. The fourth-order valence-electron chi connectivity index (χ4n) is 2.62. The number of nitrogens with zero attached hydrogens (tertiary/aromatic N) is 2. The number of pyridine rings is 1. The van der Waals surface area contributed by atoms with Gasteiger partial charge in [0.2, 0.25) is 0 Å². The zero-order valence-electron chi connectivity index (χ0n) is 11.9. The lowest BCUT2D eigenvalue weighted by atomic mass is 10.1. The Kier molecular flexibility index (Phi) is 4.44. The van der Waals surface area contributed by atoms with Gasteiger partial charge in [0.1, 0.15) is 5.82 Å². The minimum absolute atomic E-state index is 0.476. The Balaban J connectivity index is 1.65. The maximum atomic E-state index is 6.41. The quantitative estimate of drug-likeness (QED) is 0.906. The van der Waals surface area contributed by atoms with Crippen LogP contribution >= 0.6 is 11.6 Å². The molecule has 0 spiro atoms. The van der Waals surface area contributed by atoms with Crippen LogP contribution in [0, 0.1) is 0 Å². The van der Waals surface area contributed by atoms with Gasteiger partial charge in [0.05, 0.1) is 5.02 Å². The van der Waals surface area contributed by atoms with Crippen molar-refractivity contribution < 1.29 is 4.74 Å². The normalized spacial score (nSPS) is 20.1. The van der Waals surface area contributed by atoms with Gasteiger partial charge < -0.3 is 15.0 Å². The molecule has 1 saturated heterocycles. The number of ether oxygens (including phenoxy) is 1. The predicted octanol–water partition coefficient (Wildman–Crippen LogP) is 2.60. The molecule has 2 fully saturated rings. The van der Waals surface area contributed by atoms with E-state index < -0.39 is 0 Å². The monoisotopic (exact) mass is 295 g/mol. The van der Waals surface area contributed by atoms with E-state index >= 15 is 0 Å². The van der Waals surface area contributed by atoms with Crippen molar-refractivity contribution in [2.24, 2.45) is 0 Å². The highest BCUT2D eigenvalue weighted by molar-refractivity contribution is 6.33. The van der Waals surface area contributed by atoms with Gasteiger partial charge in [-0.05, 0) is 37.3 Å². The third kappa shape index (κ3) is 3.43. The predicted molar refractivity (Wildman–Crippen MR) is 81.4 cm³/mol. The van der Waals surface area contributed by atoms with Crippen LogP contribution in [0.25, 0.3) is 0 Å². The van der Waals surface area contributed by atoms with Crippen LogP contribution in [0.3, 0.4) is 0 Å². The second-order valence-electron chi connectivity index (χ2n) is 5.76. The summed E-state index contributed by atoms with van der Waals surface area (Å²) in [6.45, 7) is 2.52. The maximum absolute atomic E-state index is 6.41. The molecule has 0 amide bonds. The van der Waals surface area contributed by atoms with Crippen molar-refractivity contribution in [3.8, 4) is 0 Å². The molecule has 0 aromatic carbocycles. The Labute approximate surface area is 125 Å². The second kappa shape index (κ2) is 6.29. The number of rotatable bonds is 5. The van der Waals surface area contributed by atoms with Crippen molar-refractivity contribution in [1.29, 1.82) is 0 Å². The van der Waals surface area contributed by atoms with Gasteiger partial charge in [-0.1, -0.05) is 11.6 Å². The Bertz CT molecular complexity index is 458. The molecule has 1 aromatic heterocycles. The van der Waals surface area contributed by atoms with Crippen LogP contribution in [-0.4, -0.2) is 37.3 Å². The van der Waals surface area contributed by atoms with Gasteiger partial charge in [-0.3, -0.25) is 0 Å². The van der Waals surface area contributed by atoms with Gasteiger partial charge >= 0.3 is 0 Å². The Morgan fingerprint density at radius 2 is 2.10 bits per heavy atom. The number of nitrogens with one attached hydrogen (secondary N) is 1. The van der Waals surface area contributed by atoms with Crippen LogP contribution < -0.4 is 10.2 Å². The second-order valence-corrected chi connectivity index (χ2v) is 6.17. The average Bonchev–Trinajstić information content (AvgIpc) is 3.30. The standard InChI is InChI=1S/C15H22ClN3O/c1-19(13-4-6-20-7-5-13)15-14(16)8-11(10-18-15)9-17-12-2-3-12/h8,10,12-13,17H,2-7,9H2,1H3. The van der Waals surface area contributed by atoms with Crippen LogP contribution in [0.1, 0.15) is 31.2 Å². The Morgan fingerprint density at radius 3 is 2.75 bits per heavy atom. The summed E-state index contributed by atoms with van der Waals surface area (Å²) in [5.41, 5.74) is 1.16. The fourth-order valence-corrected chi connectivity index (χ4v) is 2.94. The van der Waals surface area contributed by atoms with Crippen molar-refractivity contribution in [1.82, 2.24) is 10.3 Å². The van der Waals surface area contributed by atoms with Crippen molar-refractivity contribution in [2.45, 2.75) is 44.3 Å². The summed E-state index contributed by atoms with van der Waals surface area (Å²) < 4.78 is 5.41. The van der Waals surface area contributed by atoms with Crippen LogP contribution in [0.15, 0.2) is 12.3 Å². The molecule has 0 radical (unpaired) electrons. The van der Waals surface area contributed by atoms with Gasteiger partial charge in [-0.25, -0.2) is 4.98 Å². The van der Waals surface area contributed by atoms with E-state index in [0.717, 1.165) is 49.0 Å². The number of hydrogen-bond donors (Lipinski definition) is 1. The molecule has 1 N–H and O–H groups in total. The summed E-state index contributed by atoms with van der Waals surface area (Å²) in [5.74, 6) is 0.883. The van der Waals surface area contributed by atoms with Gasteiger partial charge in [0.25, 0.3) is 0 Å². The largest absolute Gasteiger partial charge is 0.381 e. The maximum Gasteiger partial charge on any atom is 0.147 e. The molecule has 5 heteroatoms. The first-order chi connectivity index (χ1) is 9.74. The average molecular weight is 296 g/mol. The highest BCUT2D eigenvalue weighted by Crippen LogP contribution is 2.27. The van der Waals surface area contributed by atoms with Gasteiger partial charge in [-0.2, -0.15) is 0 Å². The molecular weight excluding hydrogens is 274 g/mol. The molecule has 4 nitrogen and oxygen atoms in total. The topological polar surface area (TPSA) is 37.4 Å². The van der Waals surface area contributed by atoms with Crippen molar-refractivity contribution in [3.05, 3.63) is 22.8 Å². The molecule has 2 heterocycles. The summed E-state index contributed by atoms with van der Waals surface area (Å²) in [4.78, 5) is 6.76. The number of hydrogen-bond acceptors (Lipinski definition) is 4. The molecule has 1 aliphatic carbocycles. The smallest absolute Gasteiger partial charge is 0.147 e. The lowest BCUT2D eigenvalue weighted by Crippen LogP contribution is -2.37. The number of aromatic nitrogens is 1. The summed E-state index contributed by atoms with van der Waals surface area (Å²) in [7, 11) is 2.08. The first kappa shape index (κ1) is 14.1. The molecule has 1 saturated carbocycles. The van der Waals surface area contributed by atoms with E-state index in [1.165, 1.54) is 12.8 Å². The van der Waals surface area contributed by atoms with Gasteiger partial charge in [0.15, 0.2) is 0 Å². The molecule has 1 aliphatic heterocycles. The van der Waals surface area contributed by atoms with Gasteiger partial charge in [-0.15, -0.1) is 0 Å². The molecule has 20 heavy (non-hydrogen) atoms. The molecule has 1 aromatic rings. The SMILES string of the molecule is CN(c1ncc(CNC2CC2)cc1Cl)C1CCOCC1. The van der Waals surface area contributed by atoms with Crippen LogP contribution in [0.2, 0.25) is 5.02 Å². The zero-order chi connectivity index (χ0) is 13.9. The molecule has 2 aliphatic rings. The molecule has 0 unspecified atom stereocenters. The Morgan fingerprint density at radius 1 is 1.35 bits per heavy atom. The van der Waals surface area contributed by atoms with E-state index in [4.69, 9.17) is 16.3 Å². The lowest BCUT2D eigenvalue weighted by molar-refractivity contribution is 0.0853. The van der Waals surface area contributed by atoms with E-state index in [9.17, 15) is 0 Å². The van der Waals surface area contributed by atoms with Crippen molar-refractivity contribution in [2.75, 3.05) is 25.2 Å². The highest BCUT2D eigenvalue weighted by atomic mass is 35.5. The third-order valence-electron chi connectivity index (χ3n) is 4.12. The summed E-state index contributed by atoms with van der Waals surface area (Å²) >= 11 is 6.41. The zero-order valence-corrected chi connectivity index (χ0v) is 12.7. The van der Waals surface area contributed by atoms with Crippen LogP contribution in [0.4, 0.5) is 5.82 Å². The van der Waals surface area contributed by atoms with E-state index in [-0.39, 0.29) is 0 Å². The Hall–Kier alpha value is -0.840. The third-order valence-corrected chi connectivity index (χ3v) is 4.40. The molecule has 110 valence electrons. The van der Waals surface area contributed by atoms with E-state index in [1.807, 2.05) is 12.3 Å².